The molecule has 0 spiro atoms. The second-order valence-corrected chi connectivity index (χ2v) is 18.8. The van der Waals surface area contributed by atoms with Crippen LogP contribution in [0, 0.1) is 5.41 Å². The lowest BCUT2D eigenvalue weighted by atomic mass is 9.32. The van der Waals surface area contributed by atoms with Gasteiger partial charge >= 0.3 is 0 Å². The first-order valence-electron chi connectivity index (χ1n) is 18.4. The fourth-order valence-electron chi connectivity index (χ4n) is 8.05. The molecule has 4 aromatic rings. The number of anilines is 5. The molecule has 3 heteroatoms. The molecule has 2 aliphatic heterocycles. The summed E-state index contributed by atoms with van der Waals surface area (Å²) in [5.74, 6) is 0. The van der Waals surface area contributed by atoms with Gasteiger partial charge in [-0.2, -0.15) is 0 Å². The van der Waals surface area contributed by atoms with Gasteiger partial charge in [0.15, 0.2) is 0 Å². The molecule has 49 heavy (non-hydrogen) atoms. The first-order valence-corrected chi connectivity index (χ1v) is 18.4. The van der Waals surface area contributed by atoms with Gasteiger partial charge < -0.3 is 9.80 Å². The molecule has 0 atom stereocenters. The van der Waals surface area contributed by atoms with Gasteiger partial charge in [-0.05, 0) is 110 Å². The zero-order chi connectivity index (χ0) is 35.3. The minimum absolute atomic E-state index is 0.0414. The number of fused-ring (bicyclic) bond motifs is 3. The first-order chi connectivity index (χ1) is 22.8. The predicted octanol–water partition coefficient (Wildman–Crippen LogP) is 11.7. The van der Waals surface area contributed by atoms with Crippen molar-refractivity contribution in [1.29, 1.82) is 0 Å². The fourth-order valence-corrected chi connectivity index (χ4v) is 8.05. The molecule has 7 rings (SSSR count). The average molecular weight is 647 g/mol. The zero-order valence-electron chi connectivity index (χ0n) is 32.0. The van der Waals surface area contributed by atoms with Crippen LogP contribution in [0.5, 0.6) is 0 Å². The van der Waals surface area contributed by atoms with Crippen LogP contribution in [0.2, 0.25) is 0 Å². The molecule has 252 valence electrons. The van der Waals surface area contributed by atoms with E-state index in [2.05, 4.69) is 184 Å². The van der Waals surface area contributed by atoms with Crippen molar-refractivity contribution in [2.45, 2.75) is 112 Å². The second kappa shape index (κ2) is 11.3. The van der Waals surface area contributed by atoms with Gasteiger partial charge in [0.25, 0.3) is 6.71 Å². The molecule has 3 aliphatic rings. The highest BCUT2D eigenvalue weighted by Crippen LogP contribution is 2.48. The van der Waals surface area contributed by atoms with Crippen molar-refractivity contribution in [3.63, 3.8) is 0 Å². The summed E-state index contributed by atoms with van der Waals surface area (Å²) in [4.78, 5) is 5.14. The van der Waals surface area contributed by atoms with Crippen LogP contribution in [0.3, 0.4) is 0 Å². The highest BCUT2D eigenvalue weighted by Gasteiger charge is 2.45. The Morgan fingerprint density at radius 2 is 0.980 bits per heavy atom. The van der Waals surface area contributed by atoms with Crippen LogP contribution in [0.1, 0.15) is 113 Å². The van der Waals surface area contributed by atoms with E-state index in [1.165, 1.54) is 67.2 Å². The van der Waals surface area contributed by atoms with Gasteiger partial charge in [0.05, 0.1) is 0 Å². The van der Waals surface area contributed by atoms with Gasteiger partial charge in [-0.25, -0.2) is 0 Å². The molecule has 1 aliphatic carbocycles. The number of benzene rings is 4. The lowest BCUT2D eigenvalue weighted by molar-refractivity contribution is 0.478. The first kappa shape index (κ1) is 33.5. The Labute approximate surface area is 297 Å². The van der Waals surface area contributed by atoms with E-state index in [-0.39, 0.29) is 28.4 Å². The molecule has 0 unspecified atom stereocenters. The number of hydrogen-bond acceptors (Lipinski definition) is 2. The second-order valence-electron chi connectivity index (χ2n) is 18.8. The molecular weight excluding hydrogens is 591 g/mol. The van der Waals surface area contributed by atoms with Crippen molar-refractivity contribution >= 4 is 46.1 Å². The summed E-state index contributed by atoms with van der Waals surface area (Å²) >= 11 is 0. The van der Waals surface area contributed by atoms with Gasteiger partial charge in [-0.1, -0.05) is 137 Å². The molecule has 0 bridgehead atoms. The van der Waals surface area contributed by atoms with Gasteiger partial charge in [0, 0.05) is 34.1 Å². The number of hydrogen-bond donors (Lipinski definition) is 0. The lowest BCUT2D eigenvalue weighted by Gasteiger charge is -2.46. The van der Waals surface area contributed by atoms with Crippen molar-refractivity contribution in [2.24, 2.45) is 5.41 Å². The lowest BCUT2D eigenvalue weighted by Crippen LogP contribution is -2.56. The molecular formula is C46H55BN2. The number of allylic oxidation sites excluding steroid dienone is 4. The smallest absolute Gasteiger partial charge is 0.251 e. The van der Waals surface area contributed by atoms with Crippen LogP contribution >= 0.6 is 0 Å². The molecule has 0 amide bonds. The maximum atomic E-state index is 2.60. The van der Waals surface area contributed by atoms with E-state index in [1.807, 2.05) is 0 Å². The molecule has 4 aromatic carbocycles. The Balaban J connectivity index is 1.53. The van der Waals surface area contributed by atoms with E-state index < -0.39 is 0 Å². The quantitative estimate of drug-likeness (QED) is 0.200. The summed E-state index contributed by atoms with van der Waals surface area (Å²) in [7, 11) is 0. The van der Waals surface area contributed by atoms with E-state index >= 15 is 0 Å². The largest absolute Gasteiger partial charge is 0.315 e. The standard InChI is InChI=1S/C46H55BN2/c1-43(2,3)30-16-22-34(23-17-30)48-38-26-20-32(45(7,8)9)28-36(38)47-37-29-33(46(10,11)12)21-27-39(37)49(41-15-13-14-40(48)42(41)47)35-24-18-31(19-25-35)44(4,5)6/h13-20,22-26,28-29H,21,27H2,1-12H3. The summed E-state index contributed by atoms with van der Waals surface area (Å²) in [6.45, 7) is 28.1. The van der Waals surface area contributed by atoms with Gasteiger partial charge in [-0.15, -0.1) is 0 Å². The number of rotatable bonds is 2. The zero-order valence-corrected chi connectivity index (χ0v) is 32.0. The van der Waals surface area contributed by atoms with Crippen LogP contribution in [0.25, 0.3) is 0 Å². The summed E-state index contributed by atoms with van der Waals surface area (Å²) < 4.78 is 0. The summed E-state index contributed by atoms with van der Waals surface area (Å²) in [6, 6.07) is 33.0. The molecule has 0 saturated carbocycles. The van der Waals surface area contributed by atoms with Gasteiger partial charge in [0.1, 0.15) is 0 Å². The normalized spacial score (nSPS) is 16.3. The molecule has 0 N–H and O–H groups in total. The fraction of sp³-hybridized carbons (Fsp3) is 0.391. The Morgan fingerprint density at radius 3 is 1.49 bits per heavy atom. The number of nitrogens with zero attached hydrogens (tertiary/aromatic N) is 2. The minimum Gasteiger partial charge on any atom is -0.315 e. The predicted molar refractivity (Wildman–Crippen MR) is 215 cm³/mol. The summed E-state index contributed by atoms with van der Waals surface area (Å²) in [5.41, 5.74) is 18.1. The highest BCUT2D eigenvalue weighted by molar-refractivity contribution is 6.95. The van der Waals surface area contributed by atoms with Crippen molar-refractivity contribution < 1.29 is 0 Å². The highest BCUT2D eigenvalue weighted by atomic mass is 15.2. The summed E-state index contributed by atoms with van der Waals surface area (Å²) in [6.07, 6.45) is 4.72. The van der Waals surface area contributed by atoms with Crippen LogP contribution in [-0.2, 0) is 16.2 Å². The monoisotopic (exact) mass is 646 g/mol. The van der Waals surface area contributed by atoms with Crippen molar-refractivity contribution in [3.05, 3.63) is 124 Å². The Kier molecular flexibility index (Phi) is 7.71. The van der Waals surface area contributed by atoms with E-state index in [0.717, 1.165) is 12.8 Å². The molecule has 2 nitrogen and oxygen atoms in total. The van der Waals surface area contributed by atoms with Gasteiger partial charge in [0.2, 0.25) is 0 Å². The third-order valence-electron chi connectivity index (χ3n) is 11.1. The Morgan fingerprint density at radius 1 is 0.490 bits per heavy atom. The van der Waals surface area contributed by atoms with Crippen molar-refractivity contribution in [3.8, 4) is 0 Å². The Hall–Kier alpha value is -3.98. The van der Waals surface area contributed by atoms with E-state index in [0.29, 0.717) is 0 Å². The molecule has 0 fully saturated rings. The molecule has 0 aromatic heterocycles. The van der Waals surface area contributed by atoms with Gasteiger partial charge in [-0.3, -0.25) is 0 Å². The maximum absolute atomic E-state index is 2.60. The third kappa shape index (κ3) is 5.78. The molecule has 0 radical (unpaired) electrons. The van der Waals surface area contributed by atoms with Crippen molar-refractivity contribution in [2.75, 3.05) is 9.80 Å². The topological polar surface area (TPSA) is 6.48 Å². The maximum Gasteiger partial charge on any atom is 0.251 e. The summed E-state index contributed by atoms with van der Waals surface area (Å²) in [5, 5.41) is 0. The molecule has 2 heterocycles. The van der Waals surface area contributed by atoms with Crippen LogP contribution in [0.4, 0.5) is 28.4 Å². The van der Waals surface area contributed by atoms with Crippen LogP contribution in [0.15, 0.2) is 108 Å². The molecule has 0 saturated heterocycles. The van der Waals surface area contributed by atoms with E-state index in [9.17, 15) is 0 Å². The van der Waals surface area contributed by atoms with E-state index in [4.69, 9.17) is 0 Å². The van der Waals surface area contributed by atoms with E-state index in [1.54, 1.807) is 5.57 Å². The Bertz CT molecular complexity index is 1980. The van der Waals surface area contributed by atoms with Crippen molar-refractivity contribution in [1.82, 2.24) is 0 Å². The van der Waals surface area contributed by atoms with Crippen LogP contribution < -0.4 is 20.7 Å². The van der Waals surface area contributed by atoms with Crippen LogP contribution in [-0.4, -0.2) is 6.71 Å². The minimum atomic E-state index is 0.0414. The SMILES string of the molecule is CC(C)(C)C1=CC2=C(CC1)N(c1ccc(C(C)(C)C)cc1)c1cccc3c1B2c1cc(C(C)(C)C)ccc1N3c1ccc(C(C)(C)C)cc1. The average Bonchev–Trinajstić information content (AvgIpc) is 3.02. The third-order valence-corrected chi connectivity index (χ3v) is 11.1.